The summed E-state index contributed by atoms with van der Waals surface area (Å²) in [5.74, 6) is 0.268. The Kier molecular flexibility index (Phi) is 2.91. The van der Waals surface area contributed by atoms with Gasteiger partial charge in [0.25, 0.3) is 0 Å². The third-order valence-electron chi connectivity index (χ3n) is 2.74. The first-order chi connectivity index (χ1) is 8.83. The molecule has 0 bridgehead atoms. The highest BCUT2D eigenvalue weighted by Gasteiger charge is 2.24. The summed E-state index contributed by atoms with van der Waals surface area (Å²) in [4.78, 5) is 8.88. The van der Waals surface area contributed by atoms with Gasteiger partial charge in [0.1, 0.15) is 6.20 Å². The smallest absolute Gasteiger partial charge is 0.423 e. The molecule has 1 aliphatic heterocycles. The van der Waals surface area contributed by atoms with Crippen molar-refractivity contribution in [2.24, 2.45) is 0 Å². The molecule has 6 nitrogen and oxygen atoms in total. The van der Waals surface area contributed by atoms with Gasteiger partial charge in [0.2, 0.25) is 0 Å². The summed E-state index contributed by atoms with van der Waals surface area (Å²) in [5, 5.41) is 9.72. The standard InChI is InChI=1S/C11H11BN2O4/c15-12-10-5-9(2-1-8(10)3-4-17-12)14-18-11-6-13-7-16-11/h1-2,5-7,14-15H,3-4H2. The van der Waals surface area contributed by atoms with Gasteiger partial charge in [-0.05, 0) is 29.6 Å². The zero-order valence-electron chi connectivity index (χ0n) is 9.50. The molecule has 0 spiro atoms. The van der Waals surface area contributed by atoms with E-state index in [1.54, 1.807) is 6.07 Å². The average molecular weight is 246 g/mol. The first-order valence-electron chi connectivity index (χ1n) is 5.57. The van der Waals surface area contributed by atoms with E-state index in [0.717, 1.165) is 17.4 Å². The molecular weight excluding hydrogens is 235 g/mol. The fourth-order valence-corrected chi connectivity index (χ4v) is 1.85. The van der Waals surface area contributed by atoms with Crippen LogP contribution in [0.5, 0.6) is 5.95 Å². The predicted octanol–water partition coefficient (Wildman–Crippen LogP) is 0.341. The Morgan fingerprint density at radius 3 is 3.22 bits per heavy atom. The lowest BCUT2D eigenvalue weighted by molar-refractivity contribution is 0.266. The lowest BCUT2D eigenvalue weighted by atomic mass is 9.73. The Hall–Kier alpha value is -1.99. The molecule has 18 heavy (non-hydrogen) atoms. The number of hydrogen-bond acceptors (Lipinski definition) is 6. The molecule has 2 aromatic rings. The fourth-order valence-electron chi connectivity index (χ4n) is 1.85. The summed E-state index contributed by atoms with van der Waals surface area (Å²) in [5.41, 5.74) is 5.26. The summed E-state index contributed by atoms with van der Waals surface area (Å²) in [6.07, 6.45) is 3.53. The predicted molar refractivity (Wildman–Crippen MR) is 64.5 cm³/mol. The molecule has 2 N–H and O–H groups in total. The van der Waals surface area contributed by atoms with E-state index >= 15 is 0 Å². The van der Waals surface area contributed by atoms with Crippen molar-refractivity contribution in [2.75, 3.05) is 12.1 Å². The van der Waals surface area contributed by atoms with Gasteiger partial charge in [-0.2, -0.15) is 0 Å². The molecule has 0 saturated heterocycles. The number of fused-ring (bicyclic) bond motifs is 1. The molecule has 0 amide bonds. The first kappa shape index (κ1) is 11.1. The molecule has 2 heterocycles. The van der Waals surface area contributed by atoms with E-state index in [0.29, 0.717) is 12.3 Å². The maximum Gasteiger partial charge on any atom is 0.491 e. The minimum absolute atomic E-state index is 0.268. The summed E-state index contributed by atoms with van der Waals surface area (Å²) in [7, 11) is -0.874. The normalized spacial score (nSPS) is 14.2. The van der Waals surface area contributed by atoms with Crippen LogP contribution in [0.25, 0.3) is 0 Å². The largest absolute Gasteiger partial charge is 0.491 e. The molecule has 0 atom stereocenters. The lowest BCUT2D eigenvalue weighted by Crippen LogP contribution is -2.41. The molecule has 0 radical (unpaired) electrons. The molecule has 1 aromatic carbocycles. The lowest BCUT2D eigenvalue weighted by Gasteiger charge is -2.19. The van der Waals surface area contributed by atoms with E-state index in [9.17, 15) is 5.02 Å². The SMILES string of the molecule is OB1OCCc2ccc(NOc3cnco3)cc21. The number of hydrogen-bond donors (Lipinski definition) is 2. The number of nitrogens with zero attached hydrogens (tertiary/aromatic N) is 1. The van der Waals surface area contributed by atoms with Crippen molar-refractivity contribution in [1.82, 2.24) is 4.98 Å². The maximum atomic E-state index is 9.72. The molecule has 7 heteroatoms. The van der Waals surface area contributed by atoms with Crippen molar-refractivity contribution in [3.8, 4) is 5.95 Å². The minimum atomic E-state index is -0.874. The molecule has 92 valence electrons. The van der Waals surface area contributed by atoms with Crippen LogP contribution in [-0.4, -0.2) is 23.7 Å². The molecule has 0 fully saturated rings. The van der Waals surface area contributed by atoms with Crippen LogP contribution < -0.4 is 15.8 Å². The topological polar surface area (TPSA) is 76.8 Å². The fraction of sp³-hybridized carbons (Fsp3) is 0.182. The van der Waals surface area contributed by atoms with Gasteiger partial charge in [0.05, 0.1) is 5.69 Å². The van der Waals surface area contributed by atoms with Gasteiger partial charge in [-0.25, -0.2) is 10.5 Å². The maximum absolute atomic E-state index is 9.72. The third-order valence-corrected chi connectivity index (χ3v) is 2.74. The van der Waals surface area contributed by atoms with Crippen LogP contribution in [0.3, 0.4) is 0 Å². The van der Waals surface area contributed by atoms with Crippen molar-refractivity contribution >= 4 is 18.3 Å². The van der Waals surface area contributed by atoms with Crippen molar-refractivity contribution in [3.05, 3.63) is 36.4 Å². The molecule has 1 aromatic heterocycles. The zero-order chi connectivity index (χ0) is 12.4. The van der Waals surface area contributed by atoms with Crippen molar-refractivity contribution in [3.63, 3.8) is 0 Å². The Bertz CT molecular complexity index is 532. The number of nitrogens with one attached hydrogen (secondary N) is 1. The van der Waals surface area contributed by atoms with Gasteiger partial charge >= 0.3 is 13.1 Å². The van der Waals surface area contributed by atoms with Crippen LogP contribution in [0.15, 0.2) is 35.2 Å². The highest BCUT2D eigenvalue weighted by molar-refractivity contribution is 6.61. The minimum Gasteiger partial charge on any atom is -0.423 e. The number of oxazole rings is 1. The number of aromatic nitrogens is 1. The molecular formula is C11H11BN2O4. The van der Waals surface area contributed by atoms with Crippen molar-refractivity contribution in [2.45, 2.75) is 6.42 Å². The van der Waals surface area contributed by atoms with Crippen LogP contribution in [-0.2, 0) is 11.1 Å². The van der Waals surface area contributed by atoms with E-state index in [1.165, 1.54) is 12.6 Å². The average Bonchev–Trinajstić information content (AvgIpc) is 2.90. The number of anilines is 1. The van der Waals surface area contributed by atoms with Crippen LogP contribution in [0.1, 0.15) is 5.56 Å². The van der Waals surface area contributed by atoms with Gasteiger partial charge < -0.3 is 18.9 Å². The van der Waals surface area contributed by atoms with Crippen LogP contribution in [0.4, 0.5) is 5.69 Å². The van der Waals surface area contributed by atoms with Crippen molar-refractivity contribution < 1.29 is 18.9 Å². The summed E-state index contributed by atoms with van der Waals surface area (Å²) < 4.78 is 10.1. The van der Waals surface area contributed by atoms with Crippen LogP contribution in [0.2, 0.25) is 0 Å². The Morgan fingerprint density at radius 1 is 1.44 bits per heavy atom. The van der Waals surface area contributed by atoms with E-state index in [1.807, 2.05) is 12.1 Å². The van der Waals surface area contributed by atoms with E-state index < -0.39 is 7.12 Å². The van der Waals surface area contributed by atoms with Crippen LogP contribution in [0, 0.1) is 0 Å². The van der Waals surface area contributed by atoms with E-state index in [2.05, 4.69) is 10.5 Å². The van der Waals surface area contributed by atoms with E-state index in [4.69, 9.17) is 13.9 Å². The van der Waals surface area contributed by atoms with E-state index in [-0.39, 0.29) is 5.95 Å². The monoisotopic (exact) mass is 246 g/mol. The Balaban J connectivity index is 1.75. The second-order valence-corrected chi connectivity index (χ2v) is 3.91. The zero-order valence-corrected chi connectivity index (χ0v) is 9.50. The summed E-state index contributed by atoms with van der Waals surface area (Å²) >= 11 is 0. The number of rotatable bonds is 3. The third kappa shape index (κ3) is 2.18. The molecule has 0 unspecified atom stereocenters. The van der Waals surface area contributed by atoms with Gasteiger partial charge in [0.15, 0.2) is 6.39 Å². The second kappa shape index (κ2) is 4.71. The molecule has 0 saturated carbocycles. The molecule has 1 aliphatic rings. The highest BCUT2D eigenvalue weighted by atomic mass is 16.7. The quantitative estimate of drug-likeness (QED) is 0.600. The number of benzene rings is 1. The Labute approximate surface area is 104 Å². The summed E-state index contributed by atoms with van der Waals surface area (Å²) in [6, 6.07) is 5.59. The summed E-state index contributed by atoms with van der Waals surface area (Å²) in [6.45, 7) is 0.537. The van der Waals surface area contributed by atoms with Gasteiger partial charge in [-0.3, -0.25) is 0 Å². The van der Waals surface area contributed by atoms with Gasteiger partial charge in [0, 0.05) is 6.61 Å². The molecule has 3 rings (SSSR count). The van der Waals surface area contributed by atoms with Gasteiger partial charge in [-0.15, -0.1) is 0 Å². The van der Waals surface area contributed by atoms with Gasteiger partial charge in [-0.1, -0.05) is 6.07 Å². The second-order valence-electron chi connectivity index (χ2n) is 3.91. The van der Waals surface area contributed by atoms with Crippen LogP contribution >= 0.6 is 0 Å². The highest BCUT2D eigenvalue weighted by Crippen LogP contribution is 2.14. The first-order valence-corrected chi connectivity index (χ1v) is 5.57. The van der Waals surface area contributed by atoms with Crippen molar-refractivity contribution in [1.29, 1.82) is 0 Å². The Morgan fingerprint density at radius 2 is 2.39 bits per heavy atom. The molecule has 0 aliphatic carbocycles.